The Bertz CT molecular complexity index is 684. The number of nitrogens with one attached hydrogen (secondary N) is 2. The van der Waals surface area contributed by atoms with Gasteiger partial charge in [-0.25, -0.2) is 18.1 Å². The number of aromatic nitrogens is 3. The van der Waals surface area contributed by atoms with Crippen LogP contribution in [0.4, 0.5) is 5.69 Å². The van der Waals surface area contributed by atoms with Crippen molar-refractivity contribution in [2.75, 3.05) is 5.73 Å². The Kier molecular flexibility index (Phi) is 3.74. The fourth-order valence-corrected chi connectivity index (χ4v) is 3.03. The van der Waals surface area contributed by atoms with Crippen LogP contribution in [0.2, 0.25) is 5.02 Å². The zero-order valence-corrected chi connectivity index (χ0v) is 11.6. The Morgan fingerprint density at radius 1 is 1.47 bits per heavy atom. The van der Waals surface area contributed by atoms with Gasteiger partial charge < -0.3 is 5.73 Å². The number of aryl methyl sites for hydroxylation is 1. The number of anilines is 1. The van der Waals surface area contributed by atoms with Crippen LogP contribution in [0, 0.1) is 6.92 Å². The summed E-state index contributed by atoms with van der Waals surface area (Å²) in [6, 6.07) is 2.85. The molecule has 0 unspecified atom stereocenters. The summed E-state index contributed by atoms with van der Waals surface area (Å²) >= 11 is 5.94. The normalized spacial score (nSPS) is 11.7. The SMILES string of the molecule is Cc1cc(Cl)c(S(=O)(=O)NCc2ncn[nH]2)cc1N. The number of H-pyrrole nitrogens is 1. The van der Waals surface area contributed by atoms with E-state index in [1.54, 1.807) is 6.92 Å². The molecule has 0 saturated carbocycles. The zero-order valence-electron chi connectivity index (χ0n) is 10.0. The van der Waals surface area contributed by atoms with Gasteiger partial charge in [-0.05, 0) is 24.6 Å². The highest BCUT2D eigenvalue weighted by molar-refractivity contribution is 7.89. The molecule has 9 heteroatoms. The van der Waals surface area contributed by atoms with Gasteiger partial charge in [-0.1, -0.05) is 11.6 Å². The minimum atomic E-state index is -3.76. The van der Waals surface area contributed by atoms with Crippen molar-refractivity contribution >= 4 is 27.3 Å². The van der Waals surface area contributed by atoms with Crippen molar-refractivity contribution in [2.45, 2.75) is 18.4 Å². The summed E-state index contributed by atoms with van der Waals surface area (Å²) in [4.78, 5) is 3.76. The van der Waals surface area contributed by atoms with E-state index in [4.69, 9.17) is 17.3 Å². The Labute approximate surface area is 115 Å². The lowest BCUT2D eigenvalue weighted by molar-refractivity contribution is 0.579. The van der Waals surface area contributed by atoms with E-state index >= 15 is 0 Å². The average Bonchev–Trinajstić information content (AvgIpc) is 2.84. The molecule has 0 radical (unpaired) electrons. The van der Waals surface area contributed by atoms with Crippen molar-refractivity contribution in [3.05, 3.63) is 34.9 Å². The first kappa shape index (κ1) is 13.8. The molecule has 2 rings (SSSR count). The maximum atomic E-state index is 12.1. The van der Waals surface area contributed by atoms with Crippen molar-refractivity contribution in [1.82, 2.24) is 19.9 Å². The van der Waals surface area contributed by atoms with E-state index in [-0.39, 0.29) is 16.5 Å². The van der Waals surface area contributed by atoms with E-state index in [0.29, 0.717) is 11.5 Å². The highest BCUT2D eigenvalue weighted by Crippen LogP contribution is 2.26. The Morgan fingerprint density at radius 2 is 2.21 bits per heavy atom. The van der Waals surface area contributed by atoms with Crippen molar-refractivity contribution in [3.8, 4) is 0 Å². The lowest BCUT2D eigenvalue weighted by Crippen LogP contribution is -2.24. The summed E-state index contributed by atoms with van der Waals surface area (Å²) < 4.78 is 26.6. The molecule has 0 bridgehead atoms. The van der Waals surface area contributed by atoms with Gasteiger partial charge in [-0.15, -0.1) is 0 Å². The predicted octanol–water partition coefficient (Wildman–Crippen LogP) is 0.827. The summed E-state index contributed by atoms with van der Waals surface area (Å²) in [7, 11) is -3.76. The van der Waals surface area contributed by atoms with Crippen LogP contribution in [0.5, 0.6) is 0 Å². The van der Waals surface area contributed by atoms with Gasteiger partial charge in [0.1, 0.15) is 17.0 Å². The number of nitrogens with zero attached hydrogens (tertiary/aromatic N) is 2. The van der Waals surface area contributed by atoms with Crippen molar-refractivity contribution in [3.63, 3.8) is 0 Å². The molecular weight excluding hydrogens is 290 g/mol. The molecule has 1 aromatic carbocycles. The molecule has 0 amide bonds. The van der Waals surface area contributed by atoms with E-state index in [1.807, 2.05) is 0 Å². The molecule has 1 aromatic heterocycles. The third kappa shape index (κ3) is 3.03. The fourth-order valence-electron chi connectivity index (χ4n) is 1.43. The standard InChI is InChI=1S/C10H12ClN5O2S/c1-6-2-7(11)9(3-8(6)12)19(17,18)15-4-10-13-5-14-16-10/h2-3,5,15H,4,12H2,1H3,(H,13,14,16). The van der Waals surface area contributed by atoms with Crippen LogP contribution in [0.1, 0.15) is 11.4 Å². The Hall–Kier alpha value is -1.64. The Balaban J connectivity index is 2.27. The highest BCUT2D eigenvalue weighted by atomic mass is 35.5. The van der Waals surface area contributed by atoms with Crippen molar-refractivity contribution < 1.29 is 8.42 Å². The second kappa shape index (κ2) is 5.16. The quantitative estimate of drug-likeness (QED) is 0.724. The number of hydrogen-bond donors (Lipinski definition) is 3. The number of benzene rings is 1. The van der Waals surface area contributed by atoms with Gasteiger partial charge in [-0.3, -0.25) is 5.10 Å². The molecule has 0 spiro atoms. The summed E-state index contributed by atoms with van der Waals surface area (Å²) in [6.07, 6.45) is 1.29. The molecule has 0 aliphatic heterocycles. The number of aromatic amines is 1. The van der Waals surface area contributed by atoms with Gasteiger partial charge in [0.15, 0.2) is 0 Å². The second-order valence-electron chi connectivity index (χ2n) is 3.90. The molecule has 0 aliphatic rings. The third-order valence-electron chi connectivity index (χ3n) is 2.50. The average molecular weight is 302 g/mol. The summed E-state index contributed by atoms with van der Waals surface area (Å²) in [5, 5.41) is 6.29. The maximum Gasteiger partial charge on any atom is 0.242 e. The number of halogens is 1. The highest BCUT2D eigenvalue weighted by Gasteiger charge is 2.19. The molecule has 2 aromatic rings. The first-order chi connectivity index (χ1) is 8.90. The molecule has 102 valence electrons. The van der Waals surface area contributed by atoms with Crippen molar-refractivity contribution in [2.24, 2.45) is 0 Å². The monoisotopic (exact) mass is 301 g/mol. The van der Waals surface area contributed by atoms with Crippen LogP contribution < -0.4 is 10.5 Å². The van der Waals surface area contributed by atoms with Gasteiger partial charge in [0, 0.05) is 5.69 Å². The Morgan fingerprint density at radius 3 is 2.84 bits per heavy atom. The molecule has 0 saturated heterocycles. The maximum absolute atomic E-state index is 12.1. The minimum absolute atomic E-state index is 0.00750. The van der Waals surface area contributed by atoms with E-state index in [9.17, 15) is 8.42 Å². The van der Waals surface area contributed by atoms with Gasteiger partial charge in [0.2, 0.25) is 10.0 Å². The van der Waals surface area contributed by atoms with Gasteiger partial charge in [0.25, 0.3) is 0 Å². The molecule has 0 aliphatic carbocycles. The van der Waals surface area contributed by atoms with E-state index < -0.39 is 10.0 Å². The minimum Gasteiger partial charge on any atom is -0.398 e. The van der Waals surface area contributed by atoms with E-state index in [0.717, 1.165) is 5.56 Å². The number of sulfonamides is 1. The number of hydrogen-bond acceptors (Lipinski definition) is 5. The molecule has 7 nitrogen and oxygen atoms in total. The van der Waals surface area contributed by atoms with Crippen LogP contribution in [0.15, 0.2) is 23.4 Å². The van der Waals surface area contributed by atoms with Crippen molar-refractivity contribution in [1.29, 1.82) is 0 Å². The summed E-state index contributed by atoms with van der Waals surface area (Å²) in [6.45, 7) is 1.74. The second-order valence-corrected chi connectivity index (χ2v) is 6.04. The summed E-state index contributed by atoms with van der Waals surface area (Å²) in [5.74, 6) is 0.403. The van der Waals surface area contributed by atoms with Crippen LogP contribution in [0.25, 0.3) is 0 Å². The van der Waals surface area contributed by atoms with Crippen LogP contribution in [0.3, 0.4) is 0 Å². The van der Waals surface area contributed by atoms with Gasteiger partial charge >= 0.3 is 0 Å². The van der Waals surface area contributed by atoms with Crippen LogP contribution >= 0.6 is 11.6 Å². The smallest absolute Gasteiger partial charge is 0.242 e. The van der Waals surface area contributed by atoms with Gasteiger partial charge in [0.05, 0.1) is 11.6 Å². The van der Waals surface area contributed by atoms with Crippen LogP contribution in [-0.2, 0) is 16.6 Å². The lowest BCUT2D eigenvalue weighted by Gasteiger charge is -2.09. The number of nitrogens with two attached hydrogens (primary N) is 1. The van der Waals surface area contributed by atoms with Crippen LogP contribution in [-0.4, -0.2) is 23.6 Å². The first-order valence-electron chi connectivity index (χ1n) is 5.29. The molecule has 19 heavy (non-hydrogen) atoms. The topological polar surface area (TPSA) is 114 Å². The first-order valence-corrected chi connectivity index (χ1v) is 7.16. The molecule has 4 N–H and O–H groups in total. The zero-order chi connectivity index (χ0) is 14.0. The molecular formula is C10H12ClN5O2S. The number of rotatable bonds is 4. The molecule has 0 atom stereocenters. The van der Waals surface area contributed by atoms with Gasteiger partial charge in [-0.2, -0.15) is 5.10 Å². The number of nitrogen functional groups attached to an aromatic ring is 1. The third-order valence-corrected chi connectivity index (χ3v) is 4.37. The predicted molar refractivity (Wildman–Crippen MR) is 71.0 cm³/mol. The van der Waals surface area contributed by atoms with E-state index in [1.165, 1.54) is 18.5 Å². The molecule has 1 heterocycles. The lowest BCUT2D eigenvalue weighted by atomic mass is 10.2. The fraction of sp³-hybridized carbons (Fsp3) is 0.200. The summed E-state index contributed by atoms with van der Waals surface area (Å²) in [5.41, 5.74) is 6.78. The van der Waals surface area contributed by atoms with E-state index in [2.05, 4.69) is 19.9 Å². The largest absolute Gasteiger partial charge is 0.398 e. The molecule has 0 fully saturated rings.